The van der Waals surface area contributed by atoms with E-state index >= 15 is 0 Å². The first-order chi connectivity index (χ1) is 14.6. The number of amides is 1. The quantitative estimate of drug-likeness (QED) is 0.577. The molecule has 1 fully saturated rings. The Morgan fingerprint density at radius 2 is 1.80 bits per heavy atom. The zero-order valence-electron chi connectivity index (χ0n) is 18.0. The zero-order chi connectivity index (χ0) is 21.3. The third-order valence-corrected chi connectivity index (χ3v) is 6.02. The third-order valence-electron chi connectivity index (χ3n) is 6.02. The number of nitrogens with zero attached hydrogens (tertiary/aromatic N) is 3. The molecule has 2 aromatic carbocycles. The summed E-state index contributed by atoms with van der Waals surface area (Å²) in [5, 5.41) is 0.590. The molecule has 0 bridgehead atoms. The number of aromatic nitrogens is 2. The molecule has 0 N–H and O–H groups in total. The molecule has 1 aromatic heterocycles. The fourth-order valence-electron chi connectivity index (χ4n) is 4.14. The third kappa shape index (κ3) is 3.64. The van der Waals surface area contributed by atoms with Crippen LogP contribution in [0.2, 0.25) is 0 Å². The van der Waals surface area contributed by atoms with E-state index in [1.807, 2.05) is 48.2 Å². The van der Waals surface area contributed by atoms with Gasteiger partial charge < -0.3 is 4.90 Å². The first kappa shape index (κ1) is 20.3. The second-order valence-electron chi connectivity index (χ2n) is 7.97. The molecule has 1 saturated carbocycles. The first-order valence-electron chi connectivity index (χ1n) is 11.0. The van der Waals surface area contributed by atoms with Crippen LogP contribution in [0.3, 0.4) is 0 Å². The summed E-state index contributed by atoms with van der Waals surface area (Å²) < 4.78 is 1.71. The number of fused-ring (bicyclic) bond motifs is 1. The standard InChI is InChI=1S/C25H29N3O2/c1-4-17-11-15-19(16-12-17)28-23(26-21-10-8-7-9-20(21)25(28)30)22(5-2)27(6-3)24(29)18-13-14-18/h7-12,15-16,18,22H,4-6,13-14H2,1-3H3. The van der Waals surface area contributed by atoms with Crippen LogP contribution in [-0.4, -0.2) is 26.9 Å². The number of hydrogen-bond acceptors (Lipinski definition) is 3. The predicted molar refractivity (Wildman–Crippen MR) is 120 cm³/mol. The van der Waals surface area contributed by atoms with E-state index in [1.165, 1.54) is 5.56 Å². The van der Waals surface area contributed by atoms with Gasteiger partial charge in [-0.1, -0.05) is 38.1 Å². The Balaban J connectivity index is 1.94. The van der Waals surface area contributed by atoms with E-state index in [9.17, 15) is 9.59 Å². The van der Waals surface area contributed by atoms with Crippen molar-refractivity contribution in [3.8, 4) is 5.69 Å². The fourth-order valence-corrected chi connectivity index (χ4v) is 4.14. The highest BCUT2D eigenvalue weighted by Gasteiger charge is 2.37. The number of rotatable bonds is 7. The van der Waals surface area contributed by atoms with E-state index < -0.39 is 0 Å². The van der Waals surface area contributed by atoms with E-state index in [0.29, 0.717) is 29.7 Å². The minimum Gasteiger partial charge on any atom is -0.333 e. The van der Waals surface area contributed by atoms with Crippen molar-refractivity contribution in [2.75, 3.05) is 6.54 Å². The molecule has 30 heavy (non-hydrogen) atoms. The van der Waals surface area contributed by atoms with Gasteiger partial charge in [0.2, 0.25) is 5.91 Å². The molecule has 0 aliphatic heterocycles. The highest BCUT2D eigenvalue weighted by atomic mass is 16.2. The minimum atomic E-state index is -0.244. The fraction of sp³-hybridized carbons (Fsp3) is 0.400. The normalized spacial score (nSPS) is 14.6. The van der Waals surface area contributed by atoms with Crippen molar-refractivity contribution >= 4 is 16.8 Å². The summed E-state index contributed by atoms with van der Waals surface area (Å²) >= 11 is 0. The van der Waals surface area contributed by atoms with Crippen LogP contribution in [-0.2, 0) is 11.2 Å². The Bertz CT molecular complexity index is 1110. The van der Waals surface area contributed by atoms with Crippen molar-refractivity contribution in [3.05, 3.63) is 70.3 Å². The van der Waals surface area contributed by atoms with Crippen molar-refractivity contribution in [3.63, 3.8) is 0 Å². The maximum Gasteiger partial charge on any atom is 0.266 e. The Morgan fingerprint density at radius 3 is 2.40 bits per heavy atom. The highest BCUT2D eigenvalue weighted by molar-refractivity contribution is 5.82. The molecule has 1 unspecified atom stereocenters. The number of benzene rings is 2. The van der Waals surface area contributed by atoms with E-state index in [1.54, 1.807) is 4.57 Å². The molecule has 1 amide bonds. The lowest BCUT2D eigenvalue weighted by molar-refractivity contribution is -0.135. The van der Waals surface area contributed by atoms with Crippen molar-refractivity contribution in [1.82, 2.24) is 14.5 Å². The molecule has 3 aromatic rings. The first-order valence-corrected chi connectivity index (χ1v) is 11.0. The monoisotopic (exact) mass is 403 g/mol. The van der Waals surface area contributed by atoms with Crippen LogP contribution in [0.25, 0.3) is 16.6 Å². The van der Waals surface area contributed by atoms with Gasteiger partial charge in [0.25, 0.3) is 5.56 Å². The lowest BCUT2D eigenvalue weighted by Crippen LogP contribution is -2.39. The summed E-state index contributed by atoms with van der Waals surface area (Å²) in [6.07, 6.45) is 3.56. The topological polar surface area (TPSA) is 55.2 Å². The largest absolute Gasteiger partial charge is 0.333 e. The zero-order valence-corrected chi connectivity index (χ0v) is 18.0. The molecule has 156 valence electrons. The molecule has 1 aliphatic rings. The molecule has 0 saturated heterocycles. The molecule has 5 nitrogen and oxygen atoms in total. The van der Waals surface area contributed by atoms with E-state index in [2.05, 4.69) is 26.0 Å². The van der Waals surface area contributed by atoms with Gasteiger partial charge in [-0.2, -0.15) is 0 Å². The van der Waals surface area contributed by atoms with Crippen LogP contribution in [0, 0.1) is 5.92 Å². The van der Waals surface area contributed by atoms with Crippen molar-refractivity contribution in [2.45, 2.75) is 52.5 Å². The van der Waals surface area contributed by atoms with Crippen LogP contribution in [0.5, 0.6) is 0 Å². The average Bonchev–Trinajstić information content (AvgIpc) is 3.63. The molecule has 5 heteroatoms. The maximum atomic E-state index is 13.6. The van der Waals surface area contributed by atoms with Gasteiger partial charge in [0.05, 0.1) is 22.6 Å². The van der Waals surface area contributed by atoms with Gasteiger partial charge in [0, 0.05) is 12.5 Å². The van der Waals surface area contributed by atoms with Gasteiger partial charge in [-0.3, -0.25) is 14.2 Å². The number of carbonyl (C=O) groups excluding carboxylic acids is 1. The Hall–Kier alpha value is -2.95. The van der Waals surface area contributed by atoms with Gasteiger partial charge in [0.15, 0.2) is 0 Å². The molecule has 1 heterocycles. The Morgan fingerprint density at radius 1 is 1.10 bits per heavy atom. The van der Waals surface area contributed by atoms with Gasteiger partial charge in [-0.15, -0.1) is 0 Å². The summed E-state index contributed by atoms with van der Waals surface area (Å²) in [6.45, 7) is 6.77. The lowest BCUT2D eigenvalue weighted by Gasteiger charge is -2.31. The van der Waals surface area contributed by atoms with Gasteiger partial charge in [-0.25, -0.2) is 4.98 Å². The highest BCUT2D eigenvalue weighted by Crippen LogP contribution is 2.35. The van der Waals surface area contributed by atoms with E-state index in [4.69, 9.17) is 4.98 Å². The van der Waals surface area contributed by atoms with Gasteiger partial charge in [0.1, 0.15) is 5.82 Å². The minimum absolute atomic E-state index is 0.0896. The van der Waals surface area contributed by atoms with E-state index in [0.717, 1.165) is 24.9 Å². The Labute approximate surface area is 177 Å². The van der Waals surface area contributed by atoms with Crippen molar-refractivity contribution < 1.29 is 4.79 Å². The predicted octanol–water partition coefficient (Wildman–Crippen LogP) is 4.66. The molecule has 1 aliphatic carbocycles. The second kappa shape index (κ2) is 8.42. The summed E-state index contributed by atoms with van der Waals surface area (Å²) in [6, 6.07) is 15.3. The van der Waals surface area contributed by atoms with Gasteiger partial charge in [-0.05, 0) is 62.4 Å². The van der Waals surface area contributed by atoms with E-state index in [-0.39, 0.29) is 23.4 Å². The second-order valence-corrected chi connectivity index (χ2v) is 7.97. The number of aryl methyl sites for hydroxylation is 1. The smallest absolute Gasteiger partial charge is 0.266 e. The average molecular weight is 404 g/mol. The van der Waals surface area contributed by atoms with Crippen molar-refractivity contribution in [2.24, 2.45) is 5.92 Å². The maximum absolute atomic E-state index is 13.6. The summed E-state index contributed by atoms with van der Waals surface area (Å²) in [5.41, 5.74) is 2.59. The molecule has 1 atom stereocenters. The van der Waals surface area contributed by atoms with Crippen LogP contribution >= 0.6 is 0 Å². The van der Waals surface area contributed by atoms with Crippen molar-refractivity contribution in [1.29, 1.82) is 0 Å². The SMILES string of the molecule is CCc1ccc(-n2c(C(CC)N(CC)C(=O)C3CC3)nc3ccccc3c2=O)cc1. The summed E-state index contributed by atoms with van der Waals surface area (Å²) in [5.74, 6) is 0.949. The number of carbonyl (C=O) groups is 1. The molecule has 4 rings (SSSR count). The summed E-state index contributed by atoms with van der Waals surface area (Å²) in [4.78, 5) is 33.4. The van der Waals surface area contributed by atoms with Crippen LogP contribution in [0.1, 0.15) is 57.5 Å². The van der Waals surface area contributed by atoms with Crippen LogP contribution in [0.15, 0.2) is 53.3 Å². The molecule has 0 radical (unpaired) electrons. The summed E-state index contributed by atoms with van der Waals surface area (Å²) in [7, 11) is 0. The van der Waals surface area contributed by atoms with Crippen LogP contribution in [0.4, 0.5) is 0 Å². The molecular formula is C25H29N3O2. The number of hydrogen-bond donors (Lipinski definition) is 0. The number of para-hydroxylation sites is 1. The lowest BCUT2D eigenvalue weighted by atomic mass is 10.1. The van der Waals surface area contributed by atoms with Crippen LogP contribution < -0.4 is 5.56 Å². The molecule has 0 spiro atoms. The Kier molecular flexibility index (Phi) is 5.71. The molecular weight excluding hydrogens is 374 g/mol. The van der Waals surface area contributed by atoms with Gasteiger partial charge >= 0.3 is 0 Å².